The van der Waals surface area contributed by atoms with Gasteiger partial charge in [0.1, 0.15) is 0 Å². The van der Waals surface area contributed by atoms with E-state index in [2.05, 4.69) is 13.8 Å². The minimum atomic E-state index is -4.07. The minimum Gasteiger partial charge on any atom is -0.282 e. The van der Waals surface area contributed by atoms with Crippen molar-refractivity contribution in [3.63, 3.8) is 0 Å². The molecule has 1 aromatic rings. The van der Waals surface area contributed by atoms with Crippen LogP contribution in [0.4, 0.5) is 0 Å². The lowest BCUT2D eigenvalue weighted by atomic mass is 9.91. The van der Waals surface area contributed by atoms with E-state index in [-0.39, 0.29) is 4.90 Å². The minimum absolute atomic E-state index is 0.0335. The van der Waals surface area contributed by atoms with Crippen molar-refractivity contribution in [2.45, 2.75) is 50.8 Å². The predicted molar refractivity (Wildman–Crippen MR) is 73.3 cm³/mol. The average Bonchev–Trinajstić information content (AvgIpc) is 2.29. The van der Waals surface area contributed by atoms with Crippen molar-refractivity contribution in [3.05, 3.63) is 29.8 Å². The van der Waals surface area contributed by atoms with Crippen LogP contribution in [0.25, 0.3) is 0 Å². The second-order valence-electron chi connectivity index (χ2n) is 4.77. The third-order valence-corrected chi connectivity index (χ3v) is 4.01. The van der Waals surface area contributed by atoms with Crippen LogP contribution in [0, 0.1) is 5.92 Å². The molecule has 0 atom stereocenters. The maximum atomic E-state index is 10.9. The Kier molecular flexibility index (Phi) is 5.82. The Labute approximate surface area is 110 Å². The fourth-order valence-corrected chi connectivity index (χ4v) is 2.78. The van der Waals surface area contributed by atoms with Gasteiger partial charge in [-0.05, 0) is 30.0 Å². The molecule has 0 saturated carbocycles. The van der Waals surface area contributed by atoms with Crippen LogP contribution in [0.5, 0.6) is 0 Å². The molecule has 0 fully saturated rings. The topological polar surface area (TPSA) is 54.4 Å². The molecular formula is C14H22O3S. The Morgan fingerprint density at radius 2 is 1.56 bits per heavy atom. The van der Waals surface area contributed by atoms with Crippen molar-refractivity contribution in [1.82, 2.24) is 0 Å². The molecule has 0 aliphatic heterocycles. The van der Waals surface area contributed by atoms with Gasteiger partial charge in [-0.15, -0.1) is 0 Å². The van der Waals surface area contributed by atoms with Crippen molar-refractivity contribution in [1.29, 1.82) is 0 Å². The van der Waals surface area contributed by atoms with Crippen LogP contribution in [0.2, 0.25) is 0 Å². The zero-order valence-electron chi connectivity index (χ0n) is 11.1. The number of rotatable bonds is 7. The molecule has 1 aromatic carbocycles. The lowest BCUT2D eigenvalue weighted by Crippen LogP contribution is -2.05. The zero-order valence-corrected chi connectivity index (χ0v) is 11.9. The molecule has 0 saturated heterocycles. The molecule has 0 aromatic heterocycles. The molecule has 1 N–H and O–H groups in total. The van der Waals surface area contributed by atoms with E-state index < -0.39 is 10.1 Å². The Hall–Kier alpha value is -0.870. The van der Waals surface area contributed by atoms with E-state index in [1.54, 1.807) is 12.1 Å². The number of hydrogen-bond acceptors (Lipinski definition) is 2. The standard InChI is InChI=1S/C14H22O3S/c1-3-5-12(6-4-2)11-13-7-9-14(10-8-13)18(15,16)17/h7-10,12H,3-6,11H2,1-2H3,(H,15,16,17). The van der Waals surface area contributed by atoms with E-state index >= 15 is 0 Å². The van der Waals surface area contributed by atoms with Gasteiger partial charge in [0.15, 0.2) is 0 Å². The van der Waals surface area contributed by atoms with Crippen LogP contribution in [-0.4, -0.2) is 13.0 Å². The van der Waals surface area contributed by atoms with Crippen molar-refractivity contribution < 1.29 is 13.0 Å². The van der Waals surface area contributed by atoms with Crippen molar-refractivity contribution >= 4 is 10.1 Å². The molecular weight excluding hydrogens is 248 g/mol. The molecule has 102 valence electrons. The molecule has 18 heavy (non-hydrogen) atoms. The number of hydrogen-bond donors (Lipinski definition) is 1. The summed E-state index contributed by atoms with van der Waals surface area (Å²) >= 11 is 0. The average molecular weight is 270 g/mol. The van der Waals surface area contributed by atoms with Gasteiger partial charge in [0.25, 0.3) is 10.1 Å². The number of benzene rings is 1. The van der Waals surface area contributed by atoms with Crippen LogP contribution in [-0.2, 0) is 16.5 Å². The van der Waals surface area contributed by atoms with Gasteiger partial charge in [0.2, 0.25) is 0 Å². The first-order valence-corrected chi connectivity index (χ1v) is 7.97. The summed E-state index contributed by atoms with van der Waals surface area (Å²) in [7, 11) is -4.07. The van der Waals surface area contributed by atoms with Gasteiger partial charge in [-0.3, -0.25) is 4.55 Å². The summed E-state index contributed by atoms with van der Waals surface area (Å²) in [6, 6.07) is 6.53. The van der Waals surface area contributed by atoms with E-state index in [0.717, 1.165) is 12.0 Å². The fourth-order valence-electron chi connectivity index (χ4n) is 2.30. The smallest absolute Gasteiger partial charge is 0.282 e. The van der Waals surface area contributed by atoms with Crippen LogP contribution in [0.3, 0.4) is 0 Å². The summed E-state index contributed by atoms with van der Waals surface area (Å²) in [5.74, 6) is 0.664. The Morgan fingerprint density at radius 1 is 1.06 bits per heavy atom. The van der Waals surface area contributed by atoms with Crippen LogP contribution in [0.15, 0.2) is 29.2 Å². The van der Waals surface area contributed by atoms with Crippen molar-refractivity contribution in [2.24, 2.45) is 5.92 Å². The lowest BCUT2D eigenvalue weighted by Gasteiger charge is -2.15. The molecule has 4 heteroatoms. The van der Waals surface area contributed by atoms with Crippen molar-refractivity contribution in [3.8, 4) is 0 Å². The third kappa shape index (κ3) is 4.78. The monoisotopic (exact) mass is 270 g/mol. The highest BCUT2D eigenvalue weighted by molar-refractivity contribution is 7.85. The van der Waals surface area contributed by atoms with E-state index in [1.165, 1.54) is 37.8 Å². The molecule has 0 amide bonds. The summed E-state index contributed by atoms with van der Waals surface area (Å²) in [5.41, 5.74) is 1.13. The SMILES string of the molecule is CCCC(CCC)Cc1ccc(S(=O)(=O)O)cc1. The van der Waals surface area contributed by atoms with Crippen LogP contribution >= 0.6 is 0 Å². The second-order valence-corrected chi connectivity index (χ2v) is 6.19. The van der Waals surface area contributed by atoms with Gasteiger partial charge in [0.05, 0.1) is 4.90 Å². The normalized spacial score (nSPS) is 12.0. The Balaban J connectivity index is 2.73. The molecule has 0 unspecified atom stereocenters. The highest BCUT2D eigenvalue weighted by Gasteiger charge is 2.11. The highest BCUT2D eigenvalue weighted by atomic mass is 32.2. The first kappa shape index (κ1) is 15.2. The predicted octanol–water partition coefficient (Wildman–Crippen LogP) is 3.69. The molecule has 3 nitrogen and oxygen atoms in total. The van der Waals surface area contributed by atoms with Gasteiger partial charge in [-0.25, -0.2) is 0 Å². The first-order valence-electron chi connectivity index (χ1n) is 6.53. The Bertz CT molecular complexity index is 442. The van der Waals surface area contributed by atoms with Gasteiger partial charge >= 0.3 is 0 Å². The molecule has 0 radical (unpaired) electrons. The fraction of sp³-hybridized carbons (Fsp3) is 0.571. The molecule has 0 aliphatic carbocycles. The van der Waals surface area contributed by atoms with E-state index in [4.69, 9.17) is 4.55 Å². The third-order valence-electron chi connectivity index (χ3n) is 3.14. The van der Waals surface area contributed by atoms with E-state index in [0.29, 0.717) is 5.92 Å². The van der Waals surface area contributed by atoms with E-state index in [1.807, 2.05) is 0 Å². The van der Waals surface area contributed by atoms with E-state index in [9.17, 15) is 8.42 Å². The quantitative estimate of drug-likeness (QED) is 0.769. The van der Waals surface area contributed by atoms with Gasteiger partial charge in [-0.2, -0.15) is 8.42 Å². The molecule has 0 bridgehead atoms. The molecule has 1 rings (SSSR count). The summed E-state index contributed by atoms with van der Waals surface area (Å²) in [4.78, 5) is -0.0335. The highest BCUT2D eigenvalue weighted by Crippen LogP contribution is 2.20. The zero-order chi connectivity index (χ0) is 13.6. The van der Waals surface area contributed by atoms with Gasteiger partial charge < -0.3 is 0 Å². The lowest BCUT2D eigenvalue weighted by molar-refractivity contribution is 0.438. The summed E-state index contributed by atoms with van der Waals surface area (Å²) < 4.78 is 30.8. The van der Waals surface area contributed by atoms with Gasteiger partial charge in [-0.1, -0.05) is 51.7 Å². The maximum absolute atomic E-state index is 10.9. The van der Waals surface area contributed by atoms with Crippen LogP contribution < -0.4 is 0 Å². The van der Waals surface area contributed by atoms with Gasteiger partial charge in [0, 0.05) is 0 Å². The van der Waals surface area contributed by atoms with Crippen LogP contribution in [0.1, 0.15) is 45.1 Å². The summed E-state index contributed by atoms with van der Waals surface area (Å²) in [5, 5.41) is 0. The first-order chi connectivity index (χ1) is 8.47. The summed E-state index contributed by atoms with van der Waals surface area (Å²) in [6.07, 6.45) is 5.73. The largest absolute Gasteiger partial charge is 0.294 e. The maximum Gasteiger partial charge on any atom is 0.294 e. The molecule has 0 heterocycles. The molecule has 0 spiro atoms. The molecule has 0 aliphatic rings. The second kappa shape index (κ2) is 6.90. The Morgan fingerprint density at radius 3 is 1.94 bits per heavy atom. The van der Waals surface area contributed by atoms with Crippen molar-refractivity contribution in [2.75, 3.05) is 0 Å². The summed E-state index contributed by atoms with van der Waals surface area (Å²) in [6.45, 7) is 4.37.